The number of phenolic OH excluding ortho intramolecular Hbond substituents is 2. The number of hydrazone groups is 1. The molecule has 0 fully saturated rings. The van der Waals surface area contributed by atoms with Crippen molar-refractivity contribution in [3.05, 3.63) is 76.0 Å². The third kappa shape index (κ3) is 3.01. The van der Waals surface area contributed by atoms with Crippen LogP contribution < -0.4 is 10.9 Å². The van der Waals surface area contributed by atoms with Crippen molar-refractivity contribution >= 4 is 33.8 Å². The fourth-order valence-corrected chi connectivity index (χ4v) is 2.84. The topological polar surface area (TPSA) is 95.1 Å². The molecule has 28 heavy (non-hydrogen) atoms. The Morgan fingerprint density at radius 3 is 2.68 bits per heavy atom. The van der Waals surface area contributed by atoms with Crippen molar-refractivity contribution in [2.24, 2.45) is 5.10 Å². The van der Waals surface area contributed by atoms with Crippen molar-refractivity contribution in [3.63, 3.8) is 0 Å². The number of rotatable bonds is 3. The predicted octanol–water partition coefficient (Wildman–Crippen LogP) is 4.08. The lowest BCUT2D eigenvalue weighted by Crippen LogP contribution is -2.04. The second kappa shape index (κ2) is 6.66. The molecule has 0 aliphatic carbocycles. The molecule has 0 unspecified atom stereocenters. The van der Waals surface area contributed by atoms with Gasteiger partial charge in [0, 0.05) is 23.8 Å². The van der Waals surface area contributed by atoms with Gasteiger partial charge < -0.3 is 14.6 Å². The van der Waals surface area contributed by atoms with Crippen molar-refractivity contribution in [1.29, 1.82) is 0 Å². The van der Waals surface area contributed by atoms with Crippen molar-refractivity contribution in [3.8, 4) is 11.5 Å². The second-order valence-electron chi connectivity index (χ2n) is 5.99. The van der Waals surface area contributed by atoms with E-state index in [-0.39, 0.29) is 33.4 Å². The van der Waals surface area contributed by atoms with Gasteiger partial charge in [-0.3, -0.25) is 10.2 Å². The Bertz CT molecular complexity index is 1320. The zero-order valence-corrected chi connectivity index (χ0v) is 14.1. The van der Waals surface area contributed by atoms with Crippen LogP contribution in [0.15, 0.2) is 62.8 Å². The molecule has 0 atom stereocenters. The van der Waals surface area contributed by atoms with E-state index in [4.69, 9.17) is 4.42 Å². The predicted molar refractivity (Wildman–Crippen MR) is 101 cm³/mol. The Morgan fingerprint density at radius 1 is 1.07 bits per heavy atom. The molecule has 0 aliphatic rings. The molecular formula is C20H12F2N2O4. The van der Waals surface area contributed by atoms with Crippen LogP contribution >= 0.6 is 0 Å². The van der Waals surface area contributed by atoms with E-state index < -0.39 is 22.8 Å². The Balaban J connectivity index is 1.80. The molecule has 0 saturated heterocycles. The Hall–Kier alpha value is -3.94. The lowest BCUT2D eigenvalue weighted by Gasteiger charge is -2.06. The quantitative estimate of drug-likeness (QED) is 0.282. The average molecular weight is 382 g/mol. The van der Waals surface area contributed by atoms with Gasteiger partial charge >= 0.3 is 0 Å². The first-order valence-electron chi connectivity index (χ1n) is 8.09. The normalized spacial score (nSPS) is 11.5. The summed E-state index contributed by atoms with van der Waals surface area (Å²) in [5.74, 6) is -2.16. The van der Waals surface area contributed by atoms with Gasteiger partial charge in [0.15, 0.2) is 5.82 Å². The van der Waals surface area contributed by atoms with Crippen LogP contribution in [0.1, 0.15) is 5.56 Å². The molecule has 0 spiro atoms. The molecule has 0 radical (unpaired) electrons. The molecule has 0 saturated carbocycles. The lowest BCUT2D eigenvalue weighted by atomic mass is 10.1. The van der Waals surface area contributed by atoms with Gasteiger partial charge in [0.2, 0.25) is 5.43 Å². The summed E-state index contributed by atoms with van der Waals surface area (Å²) in [6, 6.07) is 10.0. The maximum absolute atomic E-state index is 13.6. The Kier molecular flexibility index (Phi) is 4.15. The van der Waals surface area contributed by atoms with Crippen LogP contribution in [-0.2, 0) is 0 Å². The fourth-order valence-electron chi connectivity index (χ4n) is 2.84. The Morgan fingerprint density at radius 2 is 1.89 bits per heavy atom. The highest BCUT2D eigenvalue weighted by Crippen LogP contribution is 2.30. The molecule has 8 heteroatoms. The van der Waals surface area contributed by atoms with Gasteiger partial charge in [0.1, 0.15) is 33.9 Å². The number of fused-ring (bicyclic) bond motifs is 2. The molecule has 0 bridgehead atoms. The summed E-state index contributed by atoms with van der Waals surface area (Å²) in [6.45, 7) is 0. The summed E-state index contributed by atoms with van der Waals surface area (Å²) in [5.41, 5.74) is 2.53. The number of para-hydroxylation sites is 1. The van der Waals surface area contributed by atoms with Crippen LogP contribution in [0.2, 0.25) is 0 Å². The van der Waals surface area contributed by atoms with Crippen LogP contribution in [0.3, 0.4) is 0 Å². The molecule has 140 valence electrons. The standard InChI is InChI=1S/C20H12F2N2O4/c21-11-4-5-15(14(22)6-11)24-23-9-10-2-1-3-13-19(27)18-16(26)7-12(25)8-17(18)28-20(10)13/h1-9,24-26H/b23-9+. The zero-order chi connectivity index (χ0) is 19.8. The van der Waals surface area contributed by atoms with Crippen molar-refractivity contribution in [2.75, 3.05) is 5.43 Å². The molecule has 1 heterocycles. The van der Waals surface area contributed by atoms with Gasteiger partial charge in [-0.1, -0.05) is 6.07 Å². The number of nitrogens with one attached hydrogen (secondary N) is 1. The van der Waals surface area contributed by atoms with E-state index in [1.165, 1.54) is 24.4 Å². The van der Waals surface area contributed by atoms with Gasteiger partial charge in [0.25, 0.3) is 0 Å². The first kappa shape index (κ1) is 17.5. The lowest BCUT2D eigenvalue weighted by molar-refractivity contribution is 0.453. The van der Waals surface area contributed by atoms with E-state index in [0.29, 0.717) is 5.56 Å². The molecule has 4 rings (SSSR count). The number of phenols is 2. The highest BCUT2D eigenvalue weighted by Gasteiger charge is 2.14. The van der Waals surface area contributed by atoms with Crippen LogP contribution in [-0.4, -0.2) is 16.4 Å². The van der Waals surface area contributed by atoms with E-state index in [1.807, 2.05) is 0 Å². The van der Waals surface area contributed by atoms with Crippen LogP contribution in [0.25, 0.3) is 21.9 Å². The van der Waals surface area contributed by atoms with Gasteiger partial charge in [-0.25, -0.2) is 8.78 Å². The zero-order valence-electron chi connectivity index (χ0n) is 14.1. The number of aromatic hydroxyl groups is 2. The van der Waals surface area contributed by atoms with Gasteiger partial charge in [-0.05, 0) is 24.3 Å². The third-order valence-corrected chi connectivity index (χ3v) is 4.12. The summed E-state index contributed by atoms with van der Waals surface area (Å²) in [5, 5.41) is 23.6. The first-order valence-corrected chi connectivity index (χ1v) is 8.09. The summed E-state index contributed by atoms with van der Waals surface area (Å²) < 4.78 is 32.3. The monoisotopic (exact) mass is 382 g/mol. The number of nitrogens with zero attached hydrogens (tertiary/aromatic N) is 1. The van der Waals surface area contributed by atoms with Crippen LogP contribution in [0.5, 0.6) is 11.5 Å². The highest BCUT2D eigenvalue weighted by molar-refractivity contribution is 6.01. The second-order valence-corrected chi connectivity index (χ2v) is 5.99. The number of hydrogen-bond donors (Lipinski definition) is 3. The summed E-state index contributed by atoms with van der Waals surface area (Å²) in [7, 11) is 0. The minimum absolute atomic E-state index is 0.00777. The molecule has 0 amide bonds. The number of halogens is 2. The van der Waals surface area contributed by atoms with E-state index in [9.17, 15) is 23.8 Å². The van der Waals surface area contributed by atoms with Gasteiger partial charge in [-0.15, -0.1) is 0 Å². The largest absolute Gasteiger partial charge is 0.508 e. The maximum atomic E-state index is 13.6. The van der Waals surface area contributed by atoms with Crippen LogP contribution in [0.4, 0.5) is 14.5 Å². The molecule has 1 aromatic heterocycles. The van der Waals surface area contributed by atoms with Gasteiger partial charge in [-0.2, -0.15) is 5.10 Å². The number of hydrogen-bond acceptors (Lipinski definition) is 6. The molecule has 3 N–H and O–H groups in total. The number of anilines is 1. The van der Waals surface area contributed by atoms with Crippen molar-refractivity contribution in [1.82, 2.24) is 0 Å². The molecule has 4 aromatic rings. The SMILES string of the molecule is O=c1c2cccc(/C=N/Nc3ccc(F)cc3F)c2oc2cc(O)cc(O)c12. The van der Waals surface area contributed by atoms with Crippen molar-refractivity contribution < 1.29 is 23.4 Å². The van der Waals surface area contributed by atoms with Gasteiger partial charge in [0.05, 0.1) is 17.3 Å². The summed E-state index contributed by atoms with van der Waals surface area (Å²) in [4.78, 5) is 12.7. The highest BCUT2D eigenvalue weighted by atomic mass is 19.1. The number of benzene rings is 3. The summed E-state index contributed by atoms with van der Waals surface area (Å²) >= 11 is 0. The third-order valence-electron chi connectivity index (χ3n) is 4.12. The van der Waals surface area contributed by atoms with E-state index in [2.05, 4.69) is 10.5 Å². The minimum Gasteiger partial charge on any atom is -0.508 e. The first-order chi connectivity index (χ1) is 13.4. The van der Waals surface area contributed by atoms with E-state index >= 15 is 0 Å². The Labute approximate surface area is 156 Å². The molecular weight excluding hydrogens is 370 g/mol. The smallest absolute Gasteiger partial charge is 0.204 e. The van der Waals surface area contributed by atoms with E-state index in [1.54, 1.807) is 12.1 Å². The van der Waals surface area contributed by atoms with Crippen LogP contribution in [0, 0.1) is 11.6 Å². The summed E-state index contributed by atoms with van der Waals surface area (Å²) in [6.07, 6.45) is 1.31. The molecule has 0 aliphatic heterocycles. The molecule has 3 aromatic carbocycles. The average Bonchev–Trinajstić information content (AvgIpc) is 2.63. The fraction of sp³-hybridized carbons (Fsp3) is 0. The van der Waals surface area contributed by atoms with Crippen molar-refractivity contribution in [2.45, 2.75) is 0 Å². The maximum Gasteiger partial charge on any atom is 0.204 e. The van der Waals surface area contributed by atoms with E-state index in [0.717, 1.165) is 18.2 Å². The minimum atomic E-state index is -0.807. The molecule has 6 nitrogen and oxygen atoms in total.